The highest BCUT2D eigenvalue weighted by atomic mass is 15.0. The molecule has 3 N–H and O–H groups in total. The van der Waals surface area contributed by atoms with Crippen molar-refractivity contribution in [2.45, 2.75) is 13.8 Å². The van der Waals surface area contributed by atoms with Crippen LogP contribution in [0.1, 0.15) is 13.8 Å². The van der Waals surface area contributed by atoms with E-state index in [1.165, 1.54) is 0 Å². The Morgan fingerprint density at radius 2 is 2.06 bits per heavy atom. The summed E-state index contributed by atoms with van der Waals surface area (Å²) in [5.74, 6) is 1.51. The standard InChI is InChI=1S/C13H17N3/c1-9(2)8-16-13-11-4-3-5-12(14)10(11)6-7-15-13/h3-7,9H,8,14H2,1-2H3,(H,15,16). The molecule has 0 saturated heterocycles. The summed E-state index contributed by atoms with van der Waals surface area (Å²) in [6, 6.07) is 7.86. The lowest BCUT2D eigenvalue weighted by molar-refractivity contribution is 0.687. The number of hydrogen-bond acceptors (Lipinski definition) is 3. The van der Waals surface area contributed by atoms with Crippen LogP contribution in [-0.2, 0) is 0 Å². The van der Waals surface area contributed by atoms with Crippen molar-refractivity contribution in [2.24, 2.45) is 5.92 Å². The van der Waals surface area contributed by atoms with Crippen LogP contribution in [0.5, 0.6) is 0 Å². The van der Waals surface area contributed by atoms with Gasteiger partial charge in [0.25, 0.3) is 0 Å². The maximum atomic E-state index is 5.93. The molecule has 0 saturated carbocycles. The molecule has 0 atom stereocenters. The van der Waals surface area contributed by atoms with E-state index in [1.54, 1.807) is 6.20 Å². The van der Waals surface area contributed by atoms with E-state index >= 15 is 0 Å². The molecule has 0 spiro atoms. The minimum Gasteiger partial charge on any atom is -0.398 e. The summed E-state index contributed by atoms with van der Waals surface area (Å²) in [6.45, 7) is 5.26. The maximum absolute atomic E-state index is 5.93. The summed E-state index contributed by atoms with van der Waals surface area (Å²) in [5, 5.41) is 5.49. The van der Waals surface area contributed by atoms with E-state index in [0.717, 1.165) is 28.8 Å². The number of nitrogens with zero attached hydrogens (tertiary/aromatic N) is 1. The van der Waals surface area contributed by atoms with Crippen LogP contribution in [0.2, 0.25) is 0 Å². The molecule has 1 aromatic carbocycles. The fourth-order valence-electron chi connectivity index (χ4n) is 1.67. The molecule has 16 heavy (non-hydrogen) atoms. The zero-order valence-corrected chi connectivity index (χ0v) is 9.70. The van der Waals surface area contributed by atoms with E-state index in [2.05, 4.69) is 24.1 Å². The zero-order valence-electron chi connectivity index (χ0n) is 9.70. The Hall–Kier alpha value is -1.77. The maximum Gasteiger partial charge on any atom is 0.133 e. The minimum atomic E-state index is 0.595. The van der Waals surface area contributed by atoms with Crippen LogP contribution in [0.3, 0.4) is 0 Å². The predicted octanol–water partition coefficient (Wildman–Crippen LogP) is 2.88. The Bertz CT molecular complexity index is 492. The minimum absolute atomic E-state index is 0.595. The second kappa shape index (κ2) is 4.39. The van der Waals surface area contributed by atoms with Gasteiger partial charge in [-0.15, -0.1) is 0 Å². The molecule has 0 aliphatic rings. The molecule has 3 nitrogen and oxygen atoms in total. The third kappa shape index (κ3) is 2.08. The van der Waals surface area contributed by atoms with Gasteiger partial charge in [0.15, 0.2) is 0 Å². The molecular formula is C13H17N3. The van der Waals surface area contributed by atoms with Crippen molar-refractivity contribution in [1.29, 1.82) is 0 Å². The first-order chi connectivity index (χ1) is 7.68. The van der Waals surface area contributed by atoms with Crippen molar-refractivity contribution in [1.82, 2.24) is 4.98 Å². The first-order valence-electron chi connectivity index (χ1n) is 5.55. The smallest absolute Gasteiger partial charge is 0.133 e. The molecule has 2 aromatic rings. The second-order valence-corrected chi connectivity index (χ2v) is 4.38. The first-order valence-corrected chi connectivity index (χ1v) is 5.55. The van der Waals surface area contributed by atoms with Gasteiger partial charge in [-0.1, -0.05) is 26.0 Å². The van der Waals surface area contributed by atoms with Crippen molar-refractivity contribution in [3.63, 3.8) is 0 Å². The third-order valence-corrected chi connectivity index (χ3v) is 2.52. The molecule has 0 radical (unpaired) electrons. The average Bonchev–Trinajstić information content (AvgIpc) is 2.27. The predicted molar refractivity (Wildman–Crippen MR) is 69.5 cm³/mol. The Labute approximate surface area is 95.7 Å². The van der Waals surface area contributed by atoms with Crippen molar-refractivity contribution >= 4 is 22.3 Å². The molecule has 84 valence electrons. The summed E-state index contributed by atoms with van der Waals surface area (Å²) in [6.07, 6.45) is 1.79. The number of fused-ring (bicyclic) bond motifs is 1. The number of nitrogens with one attached hydrogen (secondary N) is 1. The largest absolute Gasteiger partial charge is 0.398 e. The van der Waals surface area contributed by atoms with Crippen LogP contribution in [0, 0.1) is 5.92 Å². The number of aromatic nitrogens is 1. The molecule has 1 aromatic heterocycles. The molecule has 1 heterocycles. The SMILES string of the molecule is CC(C)CNc1nccc2c(N)cccc12. The quantitative estimate of drug-likeness (QED) is 0.774. The Kier molecular flexibility index (Phi) is 2.95. The molecule has 0 aliphatic carbocycles. The molecule has 0 aliphatic heterocycles. The van der Waals surface area contributed by atoms with E-state index < -0.39 is 0 Å². The van der Waals surface area contributed by atoms with Gasteiger partial charge in [-0.2, -0.15) is 0 Å². The van der Waals surface area contributed by atoms with Gasteiger partial charge in [0.05, 0.1) is 0 Å². The van der Waals surface area contributed by atoms with E-state index in [9.17, 15) is 0 Å². The fraction of sp³-hybridized carbons (Fsp3) is 0.308. The lowest BCUT2D eigenvalue weighted by Crippen LogP contribution is -2.09. The summed E-state index contributed by atoms with van der Waals surface area (Å²) in [7, 11) is 0. The normalized spacial score (nSPS) is 10.9. The van der Waals surface area contributed by atoms with Crippen LogP contribution in [-0.4, -0.2) is 11.5 Å². The molecule has 0 amide bonds. The van der Waals surface area contributed by atoms with Gasteiger partial charge in [0, 0.05) is 29.2 Å². The van der Waals surface area contributed by atoms with E-state index in [-0.39, 0.29) is 0 Å². The highest BCUT2D eigenvalue weighted by Crippen LogP contribution is 2.25. The van der Waals surface area contributed by atoms with Crippen LogP contribution >= 0.6 is 0 Å². The van der Waals surface area contributed by atoms with E-state index in [0.29, 0.717) is 5.92 Å². The average molecular weight is 215 g/mol. The van der Waals surface area contributed by atoms with Gasteiger partial charge < -0.3 is 11.1 Å². The first kappa shape index (κ1) is 10.7. The number of benzene rings is 1. The monoisotopic (exact) mass is 215 g/mol. The Morgan fingerprint density at radius 3 is 2.81 bits per heavy atom. The van der Waals surface area contributed by atoms with Gasteiger partial charge in [-0.3, -0.25) is 0 Å². The Balaban J connectivity index is 2.42. The van der Waals surface area contributed by atoms with Crippen LogP contribution in [0.4, 0.5) is 11.5 Å². The van der Waals surface area contributed by atoms with Crippen molar-refractivity contribution in [2.75, 3.05) is 17.6 Å². The zero-order chi connectivity index (χ0) is 11.5. The molecule has 3 heteroatoms. The van der Waals surface area contributed by atoms with Crippen LogP contribution in [0.25, 0.3) is 10.8 Å². The molecule has 2 rings (SSSR count). The number of anilines is 2. The molecule has 0 unspecified atom stereocenters. The van der Waals surface area contributed by atoms with Crippen molar-refractivity contribution in [3.05, 3.63) is 30.5 Å². The van der Waals surface area contributed by atoms with E-state index in [1.807, 2.05) is 24.3 Å². The third-order valence-electron chi connectivity index (χ3n) is 2.52. The number of nitrogens with two attached hydrogens (primary N) is 1. The molecule has 0 fully saturated rings. The highest BCUT2D eigenvalue weighted by Gasteiger charge is 2.04. The highest BCUT2D eigenvalue weighted by molar-refractivity contribution is 5.99. The van der Waals surface area contributed by atoms with Gasteiger partial charge in [0.2, 0.25) is 0 Å². The van der Waals surface area contributed by atoms with Gasteiger partial charge in [0.1, 0.15) is 5.82 Å². The molecule has 0 bridgehead atoms. The summed E-state index contributed by atoms with van der Waals surface area (Å²) < 4.78 is 0. The van der Waals surface area contributed by atoms with Gasteiger partial charge in [-0.05, 0) is 18.1 Å². The van der Waals surface area contributed by atoms with Crippen LogP contribution in [0.15, 0.2) is 30.5 Å². The topological polar surface area (TPSA) is 50.9 Å². The summed E-state index contributed by atoms with van der Waals surface area (Å²) >= 11 is 0. The van der Waals surface area contributed by atoms with E-state index in [4.69, 9.17) is 5.73 Å². The Morgan fingerprint density at radius 1 is 1.25 bits per heavy atom. The lowest BCUT2D eigenvalue weighted by atomic mass is 10.1. The molecular weight excluding hydrogens is 198 g/mol. The fourth-order valence-corrected chi connectivity index (χ4v) is 1.67. The van der Waals surface area contributed by atoms with Crippen LogP contribution < -0.4 is 11.1 Å². The number of pyridine rings is 1. The number of nitrogen functional groups attached to an aromatic ring is 1. The number of hydrogen-bond donors (Lipinski definition) is 2. The summed E-state index contributed by atoms with van der Waals surface area (Å²) in [4.78, 5) is 4.35. The second-order valence-electron chi connectivity index (χ2n) is 4.38. The van der Waals surface area contributed by atoms with Crippen molar-refractivity contribution < 1.29 is 0 Å². The van der Waals surface area contributed by atoms with Gasteiger partial charge >= 0.3 is 0 Å². The van der Waals surface area contributed by atoms with Gasteiger partial charge in [-0.25, -0.2) is 4.98 Å². The summed E-state index contributed by atoms with van der Waals surface area (Å²) in [5.41, 5.74) is 6.72. The number of rotatable bonds is 3. The lowest BCUT2D eigenvalue weighted by Gasteiger charge is -2.11. The van der Waals surface area contributed by atoms with Crippen molar-refractivity contribution in [3.8, 4) is 0 Å².